The second-order valence-electron chi connectivity index (χ2n) is 3.99. The molecule has 0 fully saturated rings. The number of aryl methyl sites for hydroxylation is 1. The van der Waals surface area contributed by atoms with Crippen LogP contribution in [0.3, 0.4) is 0 Å². The monoisotopic (exact) mass is 276 g/mol. The van der Waals surface area contributed by atoms with Gasteiger partial charge in [0, 0.05) is 22.7 Å². The van der Waals surface area contributed by atoms with Crippen LogP contribution in [0.1, 0.15) is 4.11 Å². The van der Waals surface area contributed by atoms with Gasteiger partial charge in [0.1, 0.15) is 5.15 Å². The van der Waals surface area contributed by atoms with Crippen LogP contribution in [0.5, 0.6) is 5.88 Å². The third kappa shape index (κ3) is 1.94. The standard InChI is InChI=1S/C14H12ClN3O/c1-18-11(10-4-3-5-16-14(10)19-2)6-9-7-13(15)17-8-12(9)18/h3-8H,1-2H3/i1D3. The number of pyridine rings is 2. The van der Waals surface area contributed by atoms with Crippen molar-refractivity contribution < 1.29 is 8.85 Å². The van der Waals surface area contributed by atoms with Gasteiger partial charge in [-0.25, -0.2) is 9.97 Å². The number of fused-ring (bicyclic) bond motifs is 1. The van der Waals surface area contributed by atoms with Crippen molar-refractivity contribution in [1.29, 1.82) is 0 Å². The molecule has 0 spiro atoms. The molecule has 0 saturated heterocycles. The van der Waals surface area contributed by atoms with Crippen molar-refractivity contribution in [2.75, 3.05) is 7.11 Å². The van der Waals surface area contributed by atoms with Crippen molar-refractivity contribution in [1.82, 2.24) is 14.5 Å². The molecular weight excluding hydrogens is 262 g/mol. The fraction of sp³-hybridized carbons (Fsp3) is 0.143. The molecule has 4 nitrogen and oxygen atoms in total. The molecule has 3 heterocycles. The number of rotatable bonds is 2. The van der Waals surface area contributed by atoms with Crippen LogP contribution in [-0.4, -0.2) is 21.6 Å². The molecule has 0 unspecified atom stereocenters. The van der Waals surface area contributed by atoms with E-state index in [-0.39, 0.29) is 0 Å². The maximum Gasteiger partial charge on any atom is 0.222 e. The normalized spacial score (nSPS) is 13.9. The van der Waals surface area contributed by atoms with Gasteiger partial charge < -0.3 is 9.30 Å². The van der Waals surface area contributed by atoms with Crippen molar-refractivity contribution in [3.8, 4) is 17.1 Å². The lowest BCUT2D eigenvalue weighted by Crippen LogP contribution is -1.95. The highest BCUT2D eigenvalue weighted by Crippen LogP contribution is 2.32. The van der Waals surface area contributed by atoms with Crippen LogP contribution in [0.25, 0.3) is 22.2 Å². The van der Waals surface area contributed by atoms with Crippen LogP contribution < -0.4 is 4.74 Å². The predicted octanol–water partition coefficient (Wildman–Crippen LogP) is 3.30. The Labute approximate surface area is 119 Å². The first-order valence-electron chi connectivity index (χ1n) is 7.08. The van der Waals surface area contributed by atoms with E-state index in [1.807, 2.05) is 0 Å². The Bertz CT molecular complexity index is 845. The van der Waals surface area contributed by atoms with Crippen molar-refractivity contribution in [2.45, 2.75) is 0 Å². The summed E-state index contributed by atoms with van der Waals surface area (Å²) in [6.45, 7) is -2.37. The van der Waals surface area contributed by atoms with E-state index < -0.39 is 6.98 Å². The Balaban J connectivity index is 2.38. The van der Waals surface area contributed by atoms with E-state index in [1.165, 1.54) is 17.9 Å². The fourth-order valence-electron chi connectivity index (χ4n) is 2.03. The maximum absolute atomic E-state index is 7.82. The number of hydrogen-bond acceptors (Lipinski definition) is 3. The van der Waals surface area contributed by atoms with E-state index in [0.717, 1.165) is 0 Å². The van der Waals surface area contributed by atoms with Crippen LogP contribution in [0.2, 0.25) is 5.15 Å². The molecule has 3 aromatic heterocycles. The number of methoxy groups -OCH3 is 1. The van der Waals surface area contributed by atoms with Gasteiger partial charge in [-0.05, 0) is 24.3 Å². The van der Waals surface area contributed by atoms with Gasteiger partial charge in [0.05, 0.1) is 30.1 Å². The first kappa shape index (κ1) is 8.93. The summed E-state index contributed by atoms with van der Waals surface area (Å²) in [7, 11) is 1.49. The summed E-state index contributed by atoms with van der Waals surface area (Å²) >= 11 is 5.90. The molecule has 0 bridgehead atoms. The average Bonchev–Trinajstić information content (AvgIpc) is 2.85. The fourth-order valence-corrected chi connectivity index (χ4v) is 2.19. The van der Waals surface area contributed by atoms with E-state index >= 15 is 0 Å². The molecule has 3 aromatic rings. The Hall–Kier alpha value is -2.07. The number of ether oxygens (including phenoxy) is 1. The van der Waals surface area contributed by atoms with E-state index in [2.05, 4.69) is 9.97 Å². The highest BCUT2D eigenvalue weighted by molar-refractivity contribution is 6.30. The van der Waals surface area contributed by atoms with Crippen LogP contribution in [0, 0.1) is 0 Å². The van der Waals surface area contributed by atoms with Gasteiger partial charge in [-0.2, -0.15) is 0 Å². The first-order valence-corrected chi connectivity index (χ1v) is 5.96. The molecule has 0 aromatic carbocycles. The zero-order valence-electron chi connectivity index (χ0n) is 13.1. The molecule has 0 amide bonds. The van der Waals surface area contributed by atoms with E-state index in [1.54, 1.807) is 30.5 Å². The molecule has 96 valence electrons. The zero-order valence-corrected chi connectivity index (χ0v) is 10.8. The van der Waals surface area contributed by atoms with Crippen LogP contribution in [0.4, 0.5) is 0 Å². The Morgan fingerprint density at radius 1 is 1.37 bits per heavy atom. The molecule has 0 aliphatic carbocycles. The van der Waals surface area contributed by atoms with Crippen LogP contribution in [0.15, 0.2) is 36.7 Å². The van der Waals surface area contributed by atoms with E-state index in [0.29, 0.717) is 33.2 Å². The Morgan fingerprint density at radius 2 is 2.26 bits per heavy atom. The van der Waals surface area contributed by atoms with Gasteiger partial charge in [0.25, 0.3) is 0 Å². The minimum Gasteiger partial charge on any atom is -0.481 e. The average molecular weight is 277 g/mol. The largest absolute Gasteiger partial charge is 0.481 e. The van der Waals surface area contributed by atoms with Crippen LogP contribution >= 0.6 is 11.6 Å². The summed E-state index contributed by atoms with van der Waals surface area (Å²) in [5.41, 5.74) is 1.54. The van der Waals surface area contributed by atoms with Crippen molar-refractivity contribution in [2.24, 2.45) is 6.98 Å². The lowest BCUT2D eigenvalue weighted by atomic mass is 10.2. The molecule has 5 heteroatoms. The minimum absolute atomic E-state index is 0.305. The zero-order chi connectivity index (χ0) is 15.9. The maximum atomic E-state index is 7.82. The summed E-state index contributed by atoms with van der Waals surface area (Å²) < 4.78 is 29.9. The van der Waals surface area contributed by atoms with Gasteiger partial charge in [-0.1, -0.05) is 11.6 Å². The van der Waals surface area contributed by atoms with Gasteiger partial charge in [-0.3, -0.25) is 0 Å². The molecule has 0 atom stereocenters. The molecule has 0 N–H and O–H groups in total. The topological polar surface area (TPSA) is 39.9 Å². The van der Waals surface area contributed by atoms with Gasteiger partial charge >= 0.3 is 0 Å². The number of halogens is 1. The molecule has 19 heavy (non-hydrogen) atoms. The third-order valence-corrected chi connectivity index (χ3v) is 3.10. The Kier molecular flexibility index (Phi) is 2.14. The van der Waals surface area contributed by atoms with E-state index in [4.69, 9.17) is 20.5 Å². The lowest BCUT2D eigenvalue weighted by molar-refractivity contribution is 0.399. The van der Waals surface area contributed by atoms with Crippen molar-refractivity contribution in [3.63, 3.8) is 0 Å². The van der Waals surface area contributed by atoms with Crippen LogP contribution in [-0.2, 0) is 6.98 Å². The Morgan fingerprint density at radius 3 is 3.05 bits per heavy atom. The summed E-state index contributed by atoms with van der Waals surface area (Å²) in [6.07, 6.45) is 3.04. The predicted molar refractivity (Wildman–Crippen MR) is 75.5 cm³/mol. The summed E-state index contributed by atoms with van der Waals surface area (Å²) in [4.78, 5) is 8.10. The highest BCUT2D eigenvalue weighted by Gasteiger charge is 2.13. The van der Waals surface area contributed by atoms with Gasteiger partial charge in [0.15, 0.2) is 0 Å². The summed E-state index contributed by atoms with van der Waals surface area (Å²) in [6, 6.07) is 6.86. The minimum atomic E-state index is -2.37. The van der Waals surface area contributed by atoms with Gasteiger partial charge in [-0.15, -0.1) is 0 Å². The smallest absolute Gasteiger partial charge is 0.222 e. The summed E-state index contributed by atoms with van der Waals surface area (Å²) in [5, 5.41) is 0.997. The molecule has 0 saturated carbocycles. The molecule has 0 radical (unpaired) electrons. The first-order chi connectivity index (χ1) is 10.4. The lowest BCUT2D eigenvalue weighted by Gasteiger charge is -2.08. The number of hydrogen-bond donors (Lipinski definition) is 0. The number of aromatic nitrogens is 3. The SMILES string of the molecule is [2H]C([2H])([2H])n1c(-c2cccnc2OC)cc2cc(Cl)ncc21. The van der Waals surface area contributed by atoms with Crippen molar-refractivity contribution in [3.05, 3.63) is 41.8 Å². The molecule has 3 rings (SSSR count). The quantitative estimate of drug-likeness (QED) is 0.674. The third-order valence-electron chi connectivity index (χ3n) is 2.90. The molecule has 0 aliphatic heterocycles. The molecule has 0 aliphatic rings. The van der Waals surface area contributed by atoms with E-state index in [9.17, 15) is 0 Å². The second-order valence-corrected chi connectivity index (χ2v) is 4.38. The number of nitrogens with zero attached hydrogens (tertiary/aromatic N) is 3. The molecular formula is C14H12ClN3O. The second kappa shape index (κ2) is 4.55. The summed E-state index contributed by atoms with van der Waals surface area (Å²) in [5.74, 6) is 0.356. The highest BCUT2D eigenvalue weighted by atomic mass is 35.5. The van der Waals surface area contributed by atoms with Crippen molar-refractivity contribution >= 4 is 22.5 Å². The van der Waals surface area contributed by atoms with Gasteiger partial charge in [0.2, 0.25) is 5.88 Å².